The Bertz CT molecular complexity index is 3190. The van der Waals surface area contributed by atoms with E-state index in [0.717, 1.165) is 0 Å². The standard InChI is InChI=1S/C61H50O18/c62-53(39-22-8-1-9-23-39)70-36-47-49(75-56(65)42-28-14-4-15-29-42)52(78-59(68)45-34-20-7-21-35-45)61(79-47,38-71-54(63)40-24-10-2-11-25-40)72-37-46-48(74-55(64)41-26-12-3-13-27-41)50(76-57(66)43-30-16-5-17-31-43)51(60(69)73-46)77-58(67)44-32-18-6-19-33-44/h1-35,46-52,60,69H,36-38H2/t46-,47-,48-,49-,50+,51-,52-,60+,61+/m1/s1. The van der Waals surface area contributed by atoms with Gasteiger partial charge in [0.05, 0.1) is 45.6 Å². The van der Waals surface area contributed by atoms with Crippen LogP contribution in [0, 0.1) is 0 Å². The van der Waals surface area contributed by atoms with Gasteiger partial charge in [-0.2, -0.15) is 0 Å². The molecule has 18 nitrogen and oxygen atoms in total. The summed E-state index contributed by atoms with van der Waals surface area (Å²) in [6.45, 7) is -2.57. The van der Waals surface area contributed by atoms with E-state index < -0.39 is 116 Å². The number of benzene rings is 7. The Morgan fingerprint density at radius 3 is 1.06 bits per heavy atom. The molecule has 0 amide bonds. The molecule has 9 atom stereocenters. The van der Waals surface area contributed by atoms with E-state index in [4.69, 9.17) is 47.4 Å². The molecule has 2 heterocycles. The van der Waals surface area contributed by atoms with Gasteiger partial charge in [0.15, 0.2) is 36.8 Å². The summed E-state index contributed by atoms with van der Waals surface area (Å²) in [7, 11) is 0. The molecular formula is C61H50O18. The molecule has 0 unspecified atom stereocenters. The van der Waals surface area contributed by atoms with Gasteiger partial charge in [-0.15, -0.1) is 0 Å². The molecular weight excluding hydrogens is 1020 g/mol. The minimum Gasteiger partial charge on any atom is -0.459 e. The van der Waals surface area contributed by atoms with Crippen molar-refractivity contribution in [2.24, 2.45) is 0 Å². The van der Waals surface area contributed by atoms with Crippen LogP contribution in [0.3, 0.4) is 0 Å². The van der Waals surface area contributed by atoms with Crippen LogP contribution < -0.4 is 0 Å². The summed E-state index contributed by atoms with van der Waals surface area (Å²) in [5.74, 6) is -9.26. The zero-order valence-corrected chi connectivity index (χ0v) is 41.8. The summed E-state index contributed by atoms with van der Waals surface area (Å²) in [6, 6.07) is 54.2. The number of rotatable bonds is 19. The number of esters is 7. The molecule has 0 radical (unpaired) electrons. The van der Waals surface area contributed by atoms with Crippen LogP contribution in [0.4, 0.5) is 0 Å². The van der Waals surface area contributed by atoms with E-state index in [2.05, 4.69) is 0 Å². The third-order valence-corrected chi connectivity index (χ3v) is 12.6. The fraction of sp³-hybridized carbons (Fsp3) is 0.197. The van der Waals surface area contributed by atoms with Crippen LogP contribution in [-0.4, -0.2) is 122 Å². The maximum absolute atomic E-state index is 14.4. The lowest BCUT2D eigenvalue weighted by molar-refractivity contribution is -0.319. The van der Waals surface area contributed by atoms with Crippen molar-refractivity contribution < 1.29 is 86.0 Å². The van der Waals surface area contributed by atoms with Gasteiger partial charge in [0.1, 0.15) is 25.4 Å². The molecule has 2 saturated heterocycles. The highest BCUT2D eigenvalue weighted by Gasteiger charge is 2.63. The van der Waals surface area contributed by atoms with Crippen LogP contribution in [0.1, 0.15) is 72.5 Å². The van der Waals surface area contributed by atoms with E-state index in [1.54, 1.807) is 127 Å². The molecule has 1 N–H and O–H groups in total. The first kappa shape index (κ1) is 54.5. The predicted octanol–water partition coefficient (Wildman–Crippen LogP) is 7.66. The number of hydrogen-bond acceptors (Lipinski definition) is 18. The van der Waals surface area contributed by atoms with E-state index in [1.165, 1.54) is 84.9 Å². The molecule has 79 heavy (non-hydrogen) atoms. The van der Waals surface area contributed by atoms with Crippen LogP contribution in [-0.2, 0) is 47.4 Å². The zero-order valence-electron chi connectivity index (χ0n) is 41.8. The normalized spacial score (nSPS) is 22.2. The molecule has 0 saturated carbocycles. The van der Waals surface area contributed by atoms with Crippen molar-refractivity contribution in [1.82, 2.24) is 0 Å². The second kappa shape index (κ2) is 25.7. The van der Waals surface area contributed by atoms with E-state index in [9.17, 15) is 38.7 Å². The molecule has 0 spiro atoms. The number of carbonyl (C=O) groups excluding carboxylic acids is 7. The Kier molecular flexibility index (Phi) is 17.7. The van der Waals surface area contributed by atoms with Gasteiger partial charge in [-0.05, 0) is 84.9 Å². The smallest absolute Gasteiger partial charge is 0.338 e. The minimum atomic E-state index is -2.60. The monoisotopic (exact) mass is 1070 g/mol. The van der Waals surface area contributed by atoms with Gasteiger partial charge in [0.2, 0.25) is 5.79 Å². The minimum absolute atomic E-state index is 0.00978. The summed E-state index contributed by atoms with van der Waals surface area (Å²) in [5.41, 5.74) is 0.357. The van der Waals surface area contributed by atoms with Gasteiger partial charge in [0.25, 0.3) is 0 Å². The predicted molar refractivity (Wildman–Crippen MR) is 276 cm³/mol. The number of ether oxygens (including phenoxy) is 10. The van der Waals surface area contributed by atoms with E-state index >= 15 is 0 Å². The first-order valence-corrected chi connectivity index (χ1v) is 24.9. The summed E-state index contributed by atoms with van der Waals surface area (Å²) in [6.07, 6.45) is -14.8. The van der Waals surface area contributed by atoms with Crippen molar-refractivity contribution in [3.05, 3.63) is 251 Å². The van der Waals surface area contributed by atoms with Crippen molar-refractivity contribution in [3.8, 4) is 0 Å². The Hall–Kier alpha value is -9.33. The molecule has 2 fully saturated rings. The average Bonchev–Trinajstić information content (AvgIpc) is 3.98. The molecule has 18 heteroatoms. The fourth-order valence-corrected chi connectivity index (χ4v) is 8.65. The molecule has 2 aliphatic heterocycles. The Morgan fingerprint density at radius 2 is 0.671 bits per heavy atom. The molecule has 0 aromatic heterocycles. The number of aliphatic hydroxyl groups is 1. The van der Waals surface area contributed by atoms with Crippen LogP contribution in [0.25, 0.3) is 0 Å². The number of aliphatic hydroxyl groups excluding tert-OH is 1. The SMILES string of the molecule is O=C(OC[C@H]1O[C@](COC(=O)c2ccccc2)(OC[C@H]2O[C@H](O)[C@H](OC(=O)c3ccccc3)[C@@H](OC(=O)c3ccccc3)[C@@H]2OC(=O)c2ccccc2)[C@H](OC(=O)c2ccccc2)[C@@H]1OC(=O)c1ccccc1)c1ccccc1. The zero-order chi connectivity index (χ0) is 55.1. The first-order valence-electron chi connectivity index (χ1n) is 24.9. The van der Waals surface area contributed by atoms with Crippen LogP contribution in [0.2, 0.25) is 0 Å². The van der Waals surface area contributed by atoms with Crippen LogP contribution in [0.5, 0.6) is 0 Å². The van der Waals surface area contributed by atoms with Gasteiger partial charge in [-0.25, -0.2) is 33.6 Å². The topological polar surface area (TPSA) is 232 Å². The second-order valence-corrected chi connectivity index (χ2v) is 17.9. The first-order chi connectivity index (χ1) is 38.5. The van der Waals surface area contributed by atoms with Crippen molar-refractivity contribution in [2.45, 2.75) is 54.8 Å². The summed E-state index contributed by atoms with van der Waals surface area (Å²) in [5, 5.41) is 12.0. The van der Waals surface area contributed by atoms with Gasteiger partial charge in [-0.1, -0.05) is 127 Å². The quantitative estimate of drug-likeness (QED) is 0.0605. The fourth-order valence-electron chi connectivity index (χ4n) is 8.65. The van der Waals surface area contributed by atoms with Crippen molar-refractivity contribution in [2.75, 3.05) is 19.8 Å². The van der Waals surface area contributed by atoms with E-state index in [0.29, 0.717) is 0 Å². The Balaban J connectivity index is 1.14. The summed E-state index contributed by atoms with van der Waals surface area (Å²) < 4.78 is 61.7. The van der Waals surface area contributed by atoms with Crippen LogP contribution >= 0.6 is 0 Å². The molecule has 402 valence electrons. The number of carbonyl (C=O) groups is 7. The molecule has 0 aliphatic carbocycles. The molecule has 9 rings (SSSR count). The lowest BCUT2D eigenvalue weighted by Crippen LogP contribution is -2.63. The van der Waals surface area contributed by atoms with Crippen molar-refractivity contribution in [3.63, 3.8) is 0 Å². The summed E-state index contributed by atoms with van der Waals surface area (Å²) in [4.78, 5) is 98.1. The van der Waals surface area contributed by atoms with Gasteiger partial charge >= 0.3 is 41.8 Å². The Morgan fingerprint density at radius 1 is 0.354 bits per heavy atom. The molecule has 7 aromatic carbocycles. The summed E-state index contributed by atoms with van der Waals surface area (Å²) >= 11 is 0. The van der Waals surface area contributed by atoms with Gasteiger partial charge < -0.3 is 52.5 Å². The molecule has 2 aliphatic rings. The van der Waals surface area contributed by atoms with E-state index in [-0.39, 0.29) is 38.9 Å². The van der Waals surface area contributed by atoms with Crippen molar-refractivity contribution >= 4 is 41.8 Å². The Labute approximate surface area is 452 Å². The molecule has 0 bridgehead atoms. The lowest BCUT2D eigenvalue weighted by Gasteiger charge is -2.44. The maximum Gasteiger partial charge on any atom is 0.338 e. The maximum atomic E-state index is 14.4. The highest BCUT2D eigenvalue weighted by atomic mass is 16.8. The third kappa shape index (κ3) is 13.4. The highest BCUT2D eigenvalue weighted by Crippen LogP contribution is 2.40. The van der Waals surface area contributed by atoms with Gasteiger partial charge in [0, 0.05) is 0 Å². The van der Waals surface area contributed by atoms with Crippen molar-refractivity contribution in [1.29, 1.82) is 0 Å². The van der Waals surface area contributed by atoms with E-state index in [1.807, 2.05) is 0 Å². The second-order valence-electron chi connectivity index (χ2n) is 17.9. The third-order valence-electron chi connectivity index (χ3n) is 12.6. The number of hydrogen-bond donors (Lipinski definition) is 1. The van der Waals surface area contributed by atoms with Gasteiger partial charge in [-0.3, -0.25) is 0 Å². The average molecular weight is 1070 g/mol. The highest BCUT2D eigenvalue weighted by molar-refractivity contribution is 5.93. The molecule has 7 aromatic rings. The largest absolute Gasteiger partial charge is 0.459 e. The van der Waals surface area contributed by atoms with Crippen LogP contribution in [0.15, 0.2) is 212 Å². The lowest BCUT2D eigenvalue weighted by atomic mass is 9.97.